The Bertz CT molecular complexity index is 821. The molecule has 0 saturated carbocycles. The molecular formula is C20H24N2OS. The average molecular weight is 340 g/mol. The van der Waals surface area contributed by atoms with Gasteiger partial charge in [0.15, 0.2) is 0 Å². The summed E-state index contributed by atoms with van der Waals surface area (Å²) in [6.07, 6.45) is 2.09. The molecule has 1 aromatic heterocycles. The third kappa shape index (κ3) is 3.51. The van der Waals surface area contributed by atoms with Crippen molar-refractivity contribution in [1.29, 1.82) is 0 Å². The Morgan fingerprint density at radius 1 is 1.04 bits per heavy atom. The minimum atomic E-state index is -1.08. The van der Waals surface area contributed by atoms with Crippen molar-refractivity contribution >= 4 is 22.3 Å². The quantitative estimate of drug-likeness (QED) is 0.697. The zero-order chi connectivity index (χ0) is 17.3. The van der Waals surface area contributed by atoms with E-state index in [1.165, 1.54) is 10.9 Å². The summed E-state index contributed by atoms with van der Waals surface area (Å²) < 4.78 is 17.4. The minimum Gasteiger partial charge on any atom is -0.598 e. The van der Waals surface area contributed by atoms with Crippen LogP contribution in [0.2, 0.25) is 0 Å². The highest BCUT2D eigenvalue weighted by atomic mass is 32.2. The molecule has 0 aliphatic rings. The van der Waals surface area contributed by atoms with Gasteiger partial charge < -0.3 is 9.12 Å². The summed E-state index contributed by atoms with van der Waals surface area (Å²) in [6, 6.07) is 18.9. The summed E-state index contributed by atoms with van der Waals surface area (Å²) in [5.74, 6) is 0. The fourth-order valence-electron chi connectivity index (χ4n) is 2.65. The molecule has 0 saturated heterocycles. The van der Waals surface area contributed by atoms with Crippen molar-refractivity contribution in [2.24, 2.45) is 0 Å². The molecule has 0 radical (unpaired) electrons. The zero-order valence-corrected chi connectivity index (χ0v) is 15.4. The van der Waals surface area contributed by atoms with Gasteiger partial charge in [0.2, 0.25) is 0 Å². The number of nitrogens with one attached hydrogen (secondary N) is 1. The van der Waals surface area contributed by atoms with Crippen molar-refractivity contribution in [3.8, 4) is 5.69 Å². The molecule has 2 atom stereocenters. The van der Waals surface area contributed by atoms with E-state index in [0.717, 1.165) is 11.3 Å². The van der Waals surface area contributed by atoms with Gasteiger partial charge in [-0.1, -0.05) is 24.3 Å². The van der Waals surface area contributed by atoms with Crippen molar-refractivity contribution in [2.75, 3.05) is 0 Å². The number of para-hydroxylation sites is 1. The molecule has 126 valence electrons. The predicted octanol–water partition coefficient (Wildman–Crippen LogP) is 4.74. The summed E-state index contributed by atoms with van der Waals surface area (Å²) in [5.41, 5.74) is 3.47. The van der Waals surface area contributed by atoms with Crippen LogP contribution in [0.25, 0.3) is 16.6 Å². The number of aromatic nitrogens is 1. The molecule has 0 bridgehead atoms. The Morgan fingerprint density at radius 3 is 2.42 bits per heavy atom. The van der Waals surface area contributed by atoms with Crippen LogP contribution in [0.5, 0.6) is 0 Å². The van der Waals surface area contributed by atoms with Crippen molar-refractivity contribution < 1.29 is 4.55 Å². The summed E-state index contributed by atoms with van der Waals surface area (Å²) >= 11 is -1.08. The second-order valence-electron chi connectivity index (χ2n) is 7.06. The number of nitrogens with zero attached hydrogens (tertiary/aromatic N) is 1. The molecule has 3 aromatic rings. The van der Waals surface area contributed by atoms with E-state index in [-0.39, 0.29) is 10.8 Å². The third-order valence-electron chi connectivity index (χ3n) is 4.09. The fourth-order valence-corrected chi connectivity index (χ4v) is 3.46. The van der Waals surface area contributed by atoms with E-state index >= 15 is 0 Å². The first-order chi connectivity index (χ1) is 11.4. The molecule has 0 fully saturated rings. The Labute approximate surface area is 147 Å². The van der Waals surface area contributed by atoms with Gasteiger partial charge in [-0.3, -0.25) is 0 Å². The van der Waals surface area contributed by atoms with E-state index < -0.39 is 11.4 Å². The van der Waals surface area contributed by atoms with Crippen LogP contribution in [-0.4, -0.2) is 13.9 Å². The highest BCUT2D eigenvalue weighted by Gasteiger charge is 2.28. The lowest BCUT2D eigenvalue weighted by molar-refractivity contribution is 0.531. The number of fused-ring (bicyclic) bond motifs is 1. The third-order valence-corrected chi connectivity index (χ3v) is 5.77. The maximum Gasteiger partial charge on any atom is 0.136 e. The van der Waals surface area contributed by atoms with Gasteiger partial charge in [-0.2, -0.15) is 0 Å². The van der Waals surface area contributed by atoms with Gasteiger partial charge in [0, 0.05) is 28.6 Å². The summed E-state index contributed by atoms with van der Waals surface area (Å²) in [7, 11) is 0. The van der Waals surface area contributed by atoms with Crippen LogP contribution >= 0.6 is 0 Å². The molecule has 0 amide bonds. The van der Waals surface area contributed by atoms with Crippen molar-refractivity contribution in [3.63, 3.8) is 0 Å². The van der Waals surface area contributed by atoms with Crippen LogP contribution in [-0.2, 0) is 11.4 Å². The van der Waals surface area contributed by atoms with Gasteiger partial charge in [-0.05, 0) is 63.6 Å². The first-order valence-electron chi connectivity index (χ1n) is 8.21. The van der Waals surface area contributed by atoms with E-state index in [9.17, 15) is 4.55 Å². The molecule has 0 spiro atoms. The summed E-state index contributed by atoms with van der Waals surface area (Å²) in [4.78, 5) is 0. The number of rotatable bonds is 4. The van der Waals surface area contributed by atoms with Crippen LogP contribution in [0.15, 0.2) is 60.8 Å². The van der Waals surface area contributed by atoms with E-state index in [2.05, 4.69) is 58.8 Å². The Hall–Kier alpha value is -1.75. The molecule has 1 N–H and O–H groups in total. The van der Waals surface area contributed by atoms with E-state index in [1.807, 2.05) is 39.0 Å². The van der Waals surface area contributed by atoms with Gasteiger partial charge >= 0.3 is 0 Å². The molecule has 4 heteroatoms. The molecule has 0 aliphatic heterocycles. The first-order valence-corrected chi connectivity index (χ1v) is 9.36. The highest BCUT2D eigenvalue weighted by Crippen LogP contribution is 2.25. The van der Waals surface area contributed by atoms with Crippen LogP contribution in [0, 0.1) is 0 Å². The molecule has 2 aromatic carbocycles. The number of hydrogen-bond donors (Lipinski definition) is 1. The van der Waals surface area contributed by atoms with Crippen LogP contribution in [0.3, 0.4) is 0 Å². The van der Waals surface area contributed by atoms with Gasteiger partial charge in [0.25, 0.3) is 0 Å². The molecule has 2 unspecified atom stereocenters. The lowest BCUT2D eigenvalue weighted by Crippen LogP contribution is -2.40. The molecule has 3 rings (SSSR count). The number of hydrogen-bond acceptors (Lipinski definition) is 2. The topological polar surface area (TPSA) is 40.0 Å². The molecule has 1 heterocycles. The van der Waals surface area contributed by atoms with E-state index in [0.29, 0.717) is 0 Å². The molecule has 0 aliphatic carbocycles. The smallest absolute Gasteiger partial charge is 0.136 e. The highest BCUT2D eigenvalue weighted by molar-refractivity contribution is 7.90. The number of benzene rings is 2. The normalized spacial score (nSPS) is 14.7. The summed E-state index contributed by atoms with van der Waals surface area (Å²) in [6.45, 7) is 7.99. The van der Waals surface area contributed by atoms with Crippen LogP contribution in [0.4, 0.5) is 0 Å². The monoisotopic (exact) mass is 340 g/mol. The van der Waals surface area contributed by atoms with Crippen molar-refractivity contribution in [2.45, 2.75) is 38.5 Å². The lowest BCUT2D eigenvalue weighted by Gasteiger charge is -2.26. The van der Waals surface area contributed by atoms with E-state index in [4.69, 9.17) is 0 Å². The van der Waals surface area contributed by atoms with Crippen LogP contribution in [0.1, 0.15) is 39.3 Å². The molecule has 3 nitrogen and oxygen atoms in total. The standard InChI is InChI=1S/C20H24N2OS/c1-15(21-24(23)20(2,3)4)16-10-11-19-17(14-16)12-13-22(19)18-8-6-5-7-9-18/h5-15,21H,1-4H3. The molecular weight excluding hydrogens is 316 g/mol. The summed E-state index contributed by atoms with van der Waals surface area (Å²) in [5, 5.41) is 1.19. The fraction of sp³-hybridized carbons (Fsp3) is 0.300. The second kappa shape index (κ2) is 6.63. The van der Waals surface area contributed by atoms with Gasteiger partial charge in [-0.25, -0.2) is 0 Å². The van der Waals surface area contributed by atoms with Crippen molar-refractivity contribution in [3.05, 3.63) is 66.4 Å². The van der Waals surface area contributed by atoms with Gasteiger partial charge in [-0.15, -0.1) is 4.72 Å². The van der Waals surface area contributed by atoms with E-state index in [1.54, 1.807) is 0 Å². The average Bonchev–Trinajstić information content (AvgIpc) is 2.97. The Morgan fingerprint density at radius 2 is 1.75 bits per heavy atom. The minimum absolute atomic E-state index is 0.0366. The van der Waals surface area contributed by atoms with Crippen molar-refractivity contribution in [1.82, 2.24) is 9.29 Å². The van der Waals surface area contributed by atoms with Gasteiger partial charge in [0.05, 0.1) is 11.6 Å². The Balaban J connectivity index is 1.88. The lowest BCUT2D eigenvalue weighted by atomic mass is 10.1. The van der Waals surface area contributed by atoms with Gasteiger partial charge in [0.1, 0.15) is 4.75 Å². The second-order valence-corrected chi connectivity index (χ2v) is 9.06. The zero-order valence-electron chi connectivity index (χ0n) is 14.6. The predicted molar refractivity (Wildman–Crippen MR) is 103 cm³/mol. The largest absolute Gasteiger partial charge is 0.598 e. The maximum absolute atomic E-state index is 12.3. The molecule has 24 heavy (non-hydrogen) atoms. The maximum atomic E-state index is 12.3. The SMILES string of the molecule is CC(N[S+]([O-])C(C)(C)C)c1ccc2c(ccn2-c2ccccc2)c1. The Kier molecular flexibility index (Phi) is 4.72. The van der Waals surface area contributed by atoms with Crippen LogP contribution < -0.4 is 4.72 Å². The first kappa shape index (κ1) is 17.1.